The number of aromatic nitrogens is 1. The van der Waals surface area contributed by atoms with E-state index in [1.54, 1.807) is 6.20 Å². The topological polar surface area (TPSA) is 65.5 Å². The number of piperidine rings is 1. The molecule has 2 aliphatic heterocycles. The molecule has 1 aromatic rings. The molecule has 136 valence electrons. The molecule has 2 aliphatic rings. The second-order valence-electron chi connectivity index (χ2n) is 8.04. The molecule has 3 heterocycles. The quantitative estimate of drug-likeness (QED) is 0.912. The molecule has 0 aliphatic carbocycles. The highest BCUT2D eigenvalue weighted by atomic mass is 16.2. The zero-order chi connectivity index (χ0) is 18.0. The molecule has 3 rings (SSSR count). The molecule has 2 saturated heterocycles. The van der Waals surface area contributed by atoms with Crippen LogP contribution in [0.2, 0.25) is 0 Å². The van der Waals surface area contributed by atoms with Gasteiger partial charge in [-0.3, -0.25) is 9.59 Å². The first kappa shape index (κ1) is 17.7. The van der Waals surface area contributed by atoms with Gasteiger partial charge in [-0.05, 0) is 45.7 Å². The fraction of sp³-hybridized carbons (Fsp3) is 0.632. The molecule has 25 heavy (non-hydrogen) atoms. The number of anilines is 1. The molecule has 6 heteroatoms. The smallest absolute Gasteiger partial charge is 0.227 e. The number of rotatable bonds is 3. The van der Waals surface area contributed by atoms with E-state index in [1.807, 2.05) is 48.8 Å². The third-order valence-electron chi connectivity index (χ3n) is 5.11. The van der Waals surface area contributed by atoms with Crippen molar-refractivity contribution in [1.29, 1.82) is 0 Å². The van der Waals surface area contributed by atoms with Crippen molar-refractivity contribution in [2.45, 2.75) is 51.6 Å². The van der Waals surface area contributed by atoms with Crippen LogP contribution in [0.15, 0.2) is 24.4 Å². The van der Waals surface area contributed by atoms with E-state index in [4.69, 9.17) is 0 Å². The van der Waals surface area contributed by atoms with Gasteiger partial charge in [0.2, 0.25) is 11.8 Å². The number of hydrogen-bond donors (Lipinski definition) is 1. The molecule has 2 fully saturated rings. The lowest BCUT2D eigenvalue weighted by Crippen LogP contribution is -2.46. The number of carbonyl (C=O) groups excluding carboxylic acids is 2. The van der Waals surface area contributed by atoms with Crippen LogP contribution in [0.3, 0.4) is 0 Å². The standard InChI is InChI=1S/C19H28N4O2/c1-19(2,3)23-13-14(12-17(23)24)18(25)22-10-7-15(8-11-22)21-16-6-4-5-9-20-16/h4-6,9,14-15H,7-8,10-13H2,1-3H3,(H,20,21)/t14-/m0/s1. The molecule has 0 aromatic carbocycles. The Morgan fingerprint density at radius 3 is 2.52 bits per heavy atom. The zero-order valence-electron chi connectivity index (χ0n) is 15.4. The van der Waals surface area contributed by atoms with Crippen LogP contribution in [0.25, 0.3) is 0 Å². The van der Waals surface area contributed by atoms with Gasteiger partial charge in [0.25, 0.3) is 0 Å². The van der Waals surface area contributed by atoms with Crippen molar-refractivity contribution in [2.24, 2.45) is 5.92 Å². The normalized spacial score (nSPS) is 22.4. The van der Waals surface area contributed by atoms with Crippen LogP contribution in [0.4, 0.5) is 5.82 Å². The summed E-state index contributed by atoms with van der Waals surface area (Å²) in [5.74, 6) is 0.926. The number of nitrogens with zero attached hydrogens (tertiary/aromatic N) is 3. The van der Waals surface area contributed by atoms with E-state index in [1.165, 1.54) is 0 Å². The lowest BCUT2D eigenvalue weighted by atomic mass is 10.0. The van der Waals surface area contributed by atoms with Crippen LogP contribution in [-0.4, -0.2) is 57.8 Å². The second kappa shape index (κ2) is 7.02. The predicted molar refractivity (Wildman–Crippen MR) is 97.0 cm³/mol. The SMILES string of the molecule is CC(C)(C)N1C[C@@H](C(=O)N2CCC(Nc3ccccn3)CC2)CC1=O. The van der Waals surface area contributed by atoms with Gasteiger partial charge in [0.15, 0.2) is 0 Å². The first-order chi connectivity index (χ1) is 11.8. The number of amides is 2. The van der Waals surface area contributed by atoms with Gasteiger partial charge >= 0.3 is 0 Å². The van der Waals surface area contributed by atoms with Crippen molar-refractivity contribution in [3.8, 4) is 0 Å². The van der Waals surface area contributed by atoms with Crippen molar-refractivity contribution in [2.75, 3.05) is 25.0 Å². The average molecular weight is 344 g/mol. The fourth-order valence-electron chi connectivity index (χ4n) is 3.68. The maximum Gasteiger partial charge on any atom is 0.227 e. The minimum Gasteiger partial charge on any atom is -0.367 e. The van der Waals surface area contributed by atoms with Crippen LogP contribution < -0.4 is 5.32 Å². The van der Waals surface area contributed by atoms with E-state index in [0.717, 1.165) is 31.7 Å². The lowest BCUT2D eigenvalue weighted by molar-refractivity contribution is -0.136. The van der Waals surface area contributed by atoms with Crippen LogP contribution in [0.5, 0.6) is 0 Å². The maximum atomic E-state index is 12.8. The summed E-state index contributed by atoms with van der Waals surface area (Å²) in [5.41, 5.74) is -0.217. The fourth-order valence-corrected chi connectivity index (χ4v) is 3.68. The van der Waals surface area contributed by atoms with Crippen molar-refractivity contribution in [3.63, 3.8) is 0 Å². The molecule has 0 saturated carbocycles. The molecule has 1 aromatic heterocycles. The minimum absolute atomic E-state index is 0.0950. The van der Waals surface area contributed by atoms with Gasteiger partial charge in [0.05, 0.1) is 5.92 Å². The molecule has 2 amide bonds. The van der Waals surface area contributed by atoms with E-state index in [0.29, 0.717) is 19.0 Å². The molecular formula is C19H28N4O2. The third kappa shape index (κ3) is 4.11. The van der Waals surface area contributed by atoms with Crippen LogP contribution >= 0.6 is 0 Å². The first-order valence-corrected chi connectivity index (χ1v) is 9.11. The largest absolute Gasteiger partial charge is 0.367 e. The number of likely N-dealkylation sites (tertiary alicyclic amines) is 2. The van der Waals surface area contributed by atoms with Crippen molar-refractivity contribution in [1.82, 2.24) is 14.8 Å². The molecule has 0 bridgehead atoms. The predicted octanol–water partition coefficient (Wildman–Crippen LogP) is 2.13. The Hall–Kier alpha value is -2.11. The van der Waals surface area contributed by atoms with Gasteiger partial charge in [-0.15, -0.1) is 0 Å². The summed E-state index contributed by atoms with van der Waals surface area (Å²) in [4.78, 5) is 33.1. The molecule has 0 unspecified atom stereocenters. The average Bonchev–Trinajstić information content (AvgIpc) is 2.98. The number of carbonyl (C=O) groups is 2. The van der Waals surface area contributed by atoms with Gasteiger partial charge in [-0.25, -0.2) is 4.98 Å². The Bertz CT molecular complexity index is 618. The lowest BCUT2D eigenvalue weighted by Gasteiger charge is -2.35. The molecule has 1 atom stereocenters. The summed E-state index contributed by atoms with van der Waals surface area (Å²) < 4.78 is 0. The molecular weight excluding hydrogens is 316 g/mol. The number of hydrogen-bond acceptors (Lipinski definition) is 4. The minimum atomic E-state index is -0.217. The Balaban J connectivity index is 1.51. The van der Waals surface area contributed by atoms with Crippen molar-refractivity contribution >= 4 is 17.6 Å². The maximum absolute atomic E-state index is 12.8. The molecule has 1 N–H and O–H groups in total. The highest BCUT2D eigenvalue weighted by Gasteiger charge is 2.41. The third-order valence-corrected chi connectivity index (χ3v) is 5.11. The van der Waals surface area contributed by atoms with Crippen LogP contribution in [-0.2, 0) is 9.59 Å². The van der Waals surface area contributed by atoms with Crippen LogP contribution in [0, 0.1) is 5.92 Å². The van der Waals surface area contributed by atoms with E-state index in [9.17, 15) is 9.59 Å². The van der Waals surface area contributed by atoms with Gasteiger partial charge in [0.1, 0.15) is 5.82 Å². The Labute approximate surface area is 149 Å². The first-order valence-electron chi connectivity index (χ1n) is 9.11. The molecule has 0 radical (unpaired) electrons. The Kier molecular flexibility index (Phi) is 4.97. The summed E-state index contributed by atoms with van der Waals surface area (Å²) >= 11 is 0. The van der Waals surface area contributed by atoms with Crippen LogP contribution in [0.1, 0.15) is 40.0 Å². The summed E-state index contributed by atoms with van der Waals surface area (Å²) in [6.07, 6.45) is 3.94. The Morgan fingerprint density at radius 2 is 1.96 bits per heavy atom. The van der Waals surface area contributed by atoms with E-state index in [2.05, 4.69) is 10.3 Å². The Morgan fingerprint density at radius 1 is 1.24 bits per heavy atom. The number of nitrogens with one attached hydrogen (secondary N) is 1. The zero-order valence-corrected chi connectivity index (χ0v) is 15.4. The summed E-state index contributed by atoms with van der Waals surface area (Å²) in [6.45, 7) is 8.09. The van der Waals surface area contributed by atoms with Gasteiger partial charge in [-0.2, -0.15) is 0 Å². The highest BCUT2D eigenvalue weighted by Crippen LogP contribution is 2.28. The number of pyridine rings is 1. The second-order valence-corrected chi connectivity index (χ2v) is 8.04. The van der Waals surface area contributed by atoms with Crippen molar-refractivity contribution in [3.05, 3.63) is 24.4 Å². The highest BCUT2D eigenvalue weighted by molar-refractivity contribution is 5.89. The summed E-state index contributed by atoms with van der Waals surface area (Å²) in [7, 11) is 0. The van der Waals surface area contributed by atoms with E-state index in [-0.39, 0.29) is 23.3 Å². The van der Waals surface area contributed by atoms with Gasteiger partial charge < -0.3 is 15.1 Å². The van der Waals surface area contributed by atoms with Gasteiger partial charge in [-0.1, -0.05) is 6.07 Å². The summed E-state index contributed by atoms with van der Waals surface area (Å²) in [5, 5.41) is 3.43. The van der Waals surface area contributed by atoms with E-state index >= 15 is 0 Å². The molecule has 0 spiro atoms. The monoisotopic (exact) mass is 344 g/mol. The molecule has 6 nitrogen and oxygen atoms in total. The van der Waals surface area contributed by atoms with Gasteiger partial charge in [0, 0.05) is 43.8 Å². The van der Waals surface area contributed by atoms with Crippen molar-refractivity contribution < 1.29 is 9.59 Å². The van der Waals surface area contributed by atoms with E-state index < -0.39 is 0 Å². The summed E-state index contributed by atoms with van der Waals surface area (Å²) in [6, 6.07) is 6.17.